The summed E-state index contributed by atoms with van der Waals surface area (Å²) >= 11 is 3.78. The molecular weight excluding hydrogens is 440 g/mol. The van der Waals surface area contributed by atoms with Gasteiger partial charge in [0.2, 0.25) is 0 Å². The number of methoxy groups -OCH3 is 2. The number of nitriles is 1. The Hall–Kier alpha value is -2.84. The lowest BCUT2D eigenvalue weighted by molar-refractivity contribution is 0.414. The zero-order chi connectivity index (χ0) is 21.1. The van der Waals surface area contributed by atoms with Crippen LogP contribution in [0.2, 0.25) is 0 Å². The van der Waals surface area contributed by atoms with Crippen molar-refractivity contribution < 1.29 is 9.47 Å². The van der Waals surface area contributed by atoms with Gasteiger partial charge in [0, 0.05) is 23.2 Å². The Morgan fingerprint density at radius 1 is 0.933 bits per heavy atom. The third-order valence-corrected chi connectivity index (χ3v) is 6.37. The van der Waals surface area contributed by atoms with Crippen LogP contribution >= 0.6 is 15.9 Å². The molecule has 1 saturated carbocycles. The van der Waals surface area contributed by atoms with E-state index >= 15 is 0 Å². The van der Waals surface area contributed by atoms with Crippen molar-refractivity contribution in [2.75, 3.05) is 14.2 Å². The lowest BCUT2D eigenvalue weighted by Crippen LogP contribution is -2.07. The maximum Gasteiger partial charge on any atom is 0.118 e. The first-order chi connectivity index (χ1) is 14.6. The van der Waals surface area contributed by atoms with E-state index < -0.39 is 0 Å². The van der Waals surface area contributed by atoms with Gasteiger partial charge in [-0.15, -0.1) is 0 Å². The smallest absolute Gasteiger partial charge is 0.118 e. The zero-order valence-electron chi connectivity index (χ0n) is 17.1. The van der Waals surface area contributed by atoms with E-state index in [1.54, 1.807) is 14.2 Å². The molecule has 2 aromatic carbocycles. The Morgan fingerprint density at radius 2 is 1.47 bits per heavy atom. The fourth-order valence-electron chi connectivity index (χ4n) is 3.63. The second-order valence-electron chi connectivity index (χ2n) is 7.55. The summed E-state index contributed by atoms with van der Waals surface area (Å²) in [6.07, 6.45) is 3.60. The molecule has 4 nitrogen and oxygen atoms in total. The number of pyridine rings is 1. The number of hydrogen-bond donors (Lipinski definition) is 0. The Labute approximate surface area is 185 Å². The van der Waals surface area contributed by atoms with E-state index in [-0.39, 0.29) is 0 Å². The topological polar surface area (TPSA) is 55.1 Å². The molecule has 152 valence electrons. The first-order valence-electron chi connectivity index (χ1n) is 10.00. The predicted molar refractivity (Wildman–Crippen MR) is 120 cm³/mol. The van der Waals surface area contributed by atoms with Crippen molar-refractivity contribution in [1.82, 2.24) is 4.98 Å². The van der Waals surface area contributed by atoms with Crippen LogP contribution in [0.3, 0.4) is 0 Å². The highest BCUT2D eigenvalue weighted by Crippen LogP contribution is 2.44. The first kappa shape index (κ1) is 20.4. The number of hydrogen-bond acceptors (Lipinski definition) is 4. The molecule has 0 bridgehead atoms. The van der Waals surface area contributed by atoms with Crippen molar-refractivity contribution in [2.45, 2.75) is 31.6 Å². The van der Waals surface area contributed by atoms with Gasteiger partial charge in [0.05, 0.1) is 31.2 Å². The molecule has 0 amide bonds. The molecule has 4 rings (SSSR count). The molecular formula is C25H23BrN2O2. The highest BCUT2D eigenvalue weighted by molar-refractivity contribution is 9.10. The van der Waals surface area contributed by atoms with Crippen LogP contribution in [0.4, 0.5) is 0 Å². The lowest BCUT2D eigenvalue weighted by atomic mass is 9.95. The minimum atomic E-state index is 0.483. The fraction of sp³-hybridized carbons (Fsp3) is 0.280. The van der Waals surface area contributed by atoms with E-state index in [2.05, 4.69) is 22.0 Å². The number of ether oxygens (including phenoxy) is 2. The molecule has 1 aromatic heterocycles. The average Bonchev–Trinajstić information content (AvgIpc) is 3.62. The van der Waals surface area contributed by atoms with Crippen molar-refractivity contribution in [3.05, 3.63) is 86.6 Å². The third-order valence-electron chi connectivity index (χ3n) is 5.48. The molecule has 1 aliphatic rings. The van der Waals surface area contributed by atoms with Gasteiger partial charge in [-0.1, -0.05) is 24.3 Å². The summed E-state index contributed by atoms with van der Waals surface area (Å²) in [5, 5.41) is 10.0. The third kappa shape index (κ3) is 4.34. The minimum absolute atomic E-state index is 0.483. The maximum absolute atomic E-state index is 10.0. The van der Waals surface area contributed by atoms with Crippen molar-refractivity contribution in [3.8, 4) is 17.6 Å². The van der Waals surface area contributed by atoms with Crippen LogP contribution in [0.1, 0.15) is 52.4 Å². The van der Waals surface area contributed by atoms with E-state index in [4.69, 9.17) is 14.5 Å². The van der Waals surface area contributed by atoms with Crippen LogP contribution in [0.5, 0.6) is 11.5 Å². The van der Waals surface area contributed by atoms with Crippen LogP contribution in [-0.2, 0) is 12.8 Å². The predicted octanol–water partition coefficient (Wildman–Crippen LogP) is 5.79. The van der Waals surface area contributed by atoms with Crippen LogP contribution in [-0.4, -0.2) is 19.2 Å². The molecule has 0 aliphatic heterocycles. The molecule has 5 heteroatoms. The van der Waals surface area contributed by atoms with Gasteiger partial charge in [0.1, 0.15) is 17.6 Å². The number of benzene rings is 2. The standard InChI is InChI=1S/C25H23BrN2O2/c1-29-19-9-3-16(4-10-19)13-21-22(15-27)23(28-25(24(21)26)18-7-8-18)14-17-5-11-20(30-2)12-6-17/h3-6,9-12,18H,7-8,13-14H2,1-2H3. The molecule has 30 heavy (non-hydrogen) atoms. The fourth-order valence-corrected chi connectivity index (χ4v) is 4.38. The van der Waals surface area contributed by atoms with E-state index in [1.165, 1.54) is 0 Å². The van der Waals surface area contributed by atoms with Crippen LogP contribution in [0.15, 0.2) is 53.0 Å². The van der Waals surface area contributed by atoms with Crippen molar-refractivity contribution in [2.24, 2.45) is 0 Å². The molecule has 1 fully saturated rings. The SMILES string of the molecule is COc1ccc(Cc2nc(C3CC3)c(Br)c(Cc3ccc(OC)cc3)c2C#N)cc1. The van der Waals surface area contributed by atoms with Crippen LogP contribution < -0.4 is 9.47 Å². The van der Waals surface area contributed by atoms with Gasteiger partial charge in [-0.2, -0.15) is 5.26 Å². The van der Waals surface area contributed by atoms with Crippen molar-refractivity contribution >= 4 is 15.9 Å². The van der Waals surface area contributed by atoms with Gasteiger partial charge in [-0.25, -0.2) is 0 Å². The minimum Gasteiger partial charge on any atom is -0.497 e. The van der Waals surface area contributed by atoms with E-state index in [0.29, 0.717) is 24.3 Å². The second kappa shape index (κ2) is 8.89. The van der Waals surface area contributed by atoms with Gasteiger partial charge in [-0.05, 0) is 69.7 Å². The largest absolute Gasteiger partial charge is 0.497 e. The molecule has 0 unspecified atom stereocenters. The van der Waals surface area contributed by atoms with Gasteiger partial charge in [-0.3, -0.25) is 4.98 Å². The van der Waals surface area contributed by atoms with Crippen LogP contribution in [0.25, 0.3) is 0 Å². The normalized spacial score (nSPS) is 13.0. The Bertz CT molecular complexity index is 1080. The van der Waals surface area contributed by atoms with Gasteiger partial charge >= 0.3 is 0 Å². The summed E-state index contributed by atoms with van der Waals surface area (Å²) in [7, 11) is 3.32. The Kier molecular flexibility index (Phi) is 6.06. The number of rotatable bonds is 7. The summed E-state index contributed by atoms with van der Waals surface area (Å²) < 4.78 is 11.5. The molecule has 3 aromatic rings. The summed E-state index contributed by atoms with van der Waals surface area (Å²) in [5.74, 6) is 2.13. The molecule has 0 radical (unpaired) electrons. The Morgan fingerprint density at radius 3 is 1.93 bits per heavy atom. The molecule has 1 aliphatic carbocycles. The van der Waals surface area contributed by atoms with E-state index in [1.807, 2.05) is 48.5 Å². The van der Waals surface area contributed by atoms with Gasteiger partial charge in [0.15, 0.2) is 0 Å². The van der Waals surface area contributed by atoms with E-state index in [0.717, 1.165) is 56.9 Å². The average molecular weight is 463 g/mol. The number of aromatic nitrogens is 1. The molecule has 0 N–H and O–H groups in total. The maximum atomic E-state index is 10.0. The van der Waals surface area contributed by atoms with Crippen molar-refractivity contribution in [3.63, 3.8) is 0 Å². The summed E-state index contributed by atoms with van der Waals surface area (Å²) in [5.41, 5.74) is 5.86. The quantitative estimate of drug-likeness (QED) is 0.445. The zero-order valence-corrected chi connectivity index (χ0v) is 18.7. The lowest BCUT2D eigenvalue weighted by Gasteiger charge is -2.16. The monoisotopic (exact) mass is 462 g/mol. The molecule has 0 atom stereocenters. The van der Waals surface area contributed by atoms with E-state index in [9.17, 15) is 5.26 Å². The number of nitrogens with zero attached hydrogens (tertiary/aromatic N) is 2. The first-order valence-corrected chi connectivity index (χ1v) is 10.8. The van der Waals surface area contributed by atoms with Crippen LogP contribution in [0, 0.1) is 11.3 Å². The molecule has 0 saturated heterocycles. The molecule has 1 heterocycles. The van der Waals surface area contributed by atoms with Crippen molar-refractivity contribution in [1.29, 1.82) is 5.26 Å². The van der Waals surface area contributed by atoms with Gasteiger partial charge in [0.25, 0.3) is 0 Å². The molecule has 0 spiro atoms. The summed E-state index contributed by atoms with van der Waals surface area (Å²) in [6.45, 7) is 0. The second-order valence-corrected chi connectivity index (χ2v) is 8.34. The summed E-state index contributed by atoms with van der Waals surface area (Å²) in [6, 6.07) is 18.4. The highest BCUT2D eigenvalue weighted by Gasteiger charge is 2.30. The van der Waals surface area contributed by atoms with Gasteiger partial charge < -0.3 is 9.47 Å². The highest BCUT2D eigenvalue weighted by atomic mass is 79.9. The summed E-state index contributed by atoms with van der Waals surface area (Å²) in [4.78, 5) is 4.95. The Balaban J connectivity index is 1.74. The number of halogens is 1.